The van der Waals surface area contributed by atoms with Crippen LogP contribution in [-0.2, 0) is 0 Å². The Bertz CT molecular complexity index is 425. The van der Waals surface area contributed by atoms with Crippen LogP contribution in [0.4, 0.5) is 0 Å². The molecule has 18 heavy (non-hydrogen) atoms. The molecule has 1 unspecified atom stereocenters. The van der Waals surface area contributed by atoms with Crippen LogP contribution in [0.1, 0.15) is 52.5 Å². The largest absolute Gasteiger partial charge is 0.477 e. The molecule has 2 heterocycles. The summed E-state index contributed by atoms with van der Waals surface area (Å²) in [6.07, 6.45) is 3.90. The summed E-state index contributed by atoms with van der Waals surface area (Å²) >= 11 is 1.33. The van der Waals surface area contributed by atoms with Crippen molar-refractivity contribution < 1.29 is 9.90 Å². The molecule has 0 saturated carbocycles. The third kappa shape index (κ3) is 3.09. The Labute approximate surface area is 112 Å². The van der Waals surface area contributed by atoms with Crippen LogP contribution >= 0.6 is 11.3 Å². The zero-order chi connectivity index (χ0) is 13.1. The molecule has 0 amide bonds. The molecule has 1 aliphatic rings. The van der Waals surface area contributed by atoms with Gasteiger partial charge in [-0.15, -0.1) is 11.3 Å². The van der Waals surface area contributed by atoms with E-state index < -0.39 is 5.97 Å². The van der Waals surface area contributed by atoms with Gasteiger partial charge in [0.05, 0.1) is 10.7 Å². The van der Waals surface area contributed by atoms with Crippen LogP contribution in [0.2, 0.25) is 0 Å². The summed E-state index contributed by atoms with van der Waals surface area (Å²) in [6, 6.07) is 0. The van der Waals surface area contributed by atoms with Gasteiger partial charge in [-0.05, 0) is 32.9 Å². The normalized spacial score (nSPS) is 18.8. The third-order valence-corrected chi connectivity index (χ3v) is 4.79. The number of hydrogen-bond acceptors (Lipinski definition) is 4. The number of aromatic carboxylic acids is 1. The summed E-state index contributed by atoms with van der Waals surface area (Å²) in [5.41, 5.74) is 0.646. The van der Waals surface area contributed by atoms with Gasteiger partial charge in [0.25, 0.3) is 0 Å². The fourth-order valence-electron chi connectivity index (χ4n) is 2.43. The van der Waals surface area contributed by atoms with Crippen LogP contribution < -0.4 is 0 Å². The molecule has 0 bridgehead atoms. The highest BCUT2D eigenvalue weighted by Gasteiger charge is 2.20. The van der Waals surface area contributed by atoms with Crippen LogP contribution in [0.3, 0.4) is 0 Å². The minimum atomic E-state index is -0.860. The van der Waals surface area contributed by atoms with Crippen LogP contribution in [-0.4, -0.2) is 40.6 Å². The van der Waals surface area contributed by atoms with Crippen molar-refractivity contribution in [3.8, 4) is 0 Å². The summed E-state index contributed by atoms with van der Waals surface area (Å²) in [7, 11) is 0. The number of aromatic nitrogens is 1. The summed E-state index contributed by atoms with van der Waals surface area (Å²) in [6.45, 7) is 7.24. The second-order valence-corrected chi connectivity index (χ2v) is 6.06. The number of carbonyl (C=O) groups is 1. The smallest absolute Gasteiger partial charge is 0.347 e. The van der Waals surface area contributed by atoms with Gasteiger partial charge in [0, 0.05) is 12.5 Å². The van der Waals surface area contributed by atoms with Crippen LogP contribution in [0.15, 0.2) is 0 Å². The molecule has 1 aromatic heterocycles. The topological polar surface area (TPSA) is 53.4 Å². The molecule has 4 nitrogen and oxygen atoms in total. The van der Waals surface area contributed by atoms with E-state index >= 15 is 0 Å². The Morgan fingerprint density at radius 3 is 2.67 bits per heavy atom. The summed E-state index contributed by atoms with van der Waals surface area (Å²) in [4.78, 5) is 18.3. The van der Waals surface area contributed by atoms with Gasteiger partial charge in [0.2, 0.25) is 0 Å². The van der Waals surface area contributed by atoms with Gasteiger partial charge in [0.15, 0.2) is 0 Å². The molecule has 2 rings (SSSR count). The lowest BCUT2D eigenvalue weighted by Gasteiger charge is -2.28. The van der Waals surface area contributed by atoms with Crippen molar-refractivity contribution >= 4 is 17.3 Å². The van der Waals surface area contributed by atoms with Gasteiger partial charge < -0.3 is 10.0 Å². The Balaban J connectivity index is 2.01. The highest BCUT2D eigenvalue weighted by molar-refractivity contribution is 7.13. The minimum absolute atomic E-state index is 0.319. The first-order valence-electron chi connectivity index (χ1n) is 6.51. The summed E-state index contributed by atoms with van der Waals surface area (Å²) in [5, 5.41) is 10.00. The van der Waals surface area contributed by atoms with Crippen molar-refractivity contribution in [1.29, 1.82) is 0 Å². The second kappa shape index (κ2) is 5.80. The van der Waals surface area contributed by atoms with Crippen LogP contribution in [0, 0.1) is 6.92 Å². The number of hydrogen-bond donors (Lipinski definition) is 1. The van der Waals surface area contributed by atoms with E-state index in [0.29, 0.717) is 16.5 Å². The fourth-order valence-corrected chi connectivity index (χ4v) is 3.38. The molecule has 1 N–H and O–H groups in total. The molecule has 0 spiro atoms. The number of thiazole rings is 1. The maximum Gasteiger partial charge on any atom is 0.347 e. The van der Waals surface area contributed by atoms with E-state index in [1.807, 2.05) is 0 Å². The van der Waals surface area contributed by atoms with Crippen LogP contribution in [0.25, 0.3) is 0 Å². The lowest BCUT2D eigenvalue weighted by atomic mass is 10.1. The van der Waals surface area contributed by atoms with Crippen molar-refractivity contribution in [3.63, 3.8) is 0 Å². The van der Waals surface area contributed by atoms with E-state index in [4.69, 9.17) is 5.11 Å². The first-order valence-corrected chi connectivity index (χ1v) is 7.32. The third-order valence-electron chi connectivity index (χ3n) is 3.41. The van der Waals surface area contributed by atoms with Gasteiger partial charge in [0.1, 0.15) is 4.88 Å². The summed E-state index contributed by atoms with van der Waals surface area (Å²) < 4.78 is 0. The number of piperidine rings is 1. The summed E-state index contributed by atoms with van der Waals surface area (Å²) in [5.74, 6) is -0.540. The number of carboxylic acids is 1. The fraction of sp³-hybridized carbons (Fsp3) is 0.692. The molecule has 1 saturated heterocycles. The Morgan fingerprint density at radius 1 is 1.44 bits per heavy atom. The predicted octanol–water partition coefficient (Wildman–Crippen LogP) is 2.74. The second-order valence-electron chi connectivity index (χ2n) is 5.03. The molecule has 0 radical (unpaired) electrons. The van der Waals surface area contributed by atoms with Crippen LogP contribution in [0.5, 0.6) is 0 Å². The average molecular weight is 268 g/mol. The number of rotatable bonds is 4. The lowest BCUT2D eigenvalue weighted by molar-refractivity contribution is 0.0701. The highest BCUT2D eigenvalue weighted by atomic mass is 32.1. The Hall–Kier alpha value is -0.940. The SMILES string of the molecule is Cc1nc(C(C)CN2CCCCC2)sc1C(=O)O. The van der Waals surface area contributed by atoms with E-state index in [1.165, 1.54) is 43.7 Å². The van der Waals surface area contributed by atoms with Crippen molar-refractivity contribution in [3.05, 3.63) is 15.6 Å². The van der Waals surface area contributed by atoms with E-state index in [1.54, 1.807) is 6.92 Å². The van der Waals surface area contributed by atoms with Gasteiger partial charge in [-0.25, -0.2) is 9.78 Å². The maximum atomic E-state index is 11.0. The highest BCUT2D eigenvalue weighted by Crippen LogP contribution is 2.26. The van der Waals surface area contributed by atoms with Crippen molar-refractivity contribution in [2.45, 2.75) is 39.0 Å². The molecule has 100 valence electrons. The zero-order valence-electron chi connectivity index (χ0n) is 11.0. The maximum absolute atomic E-state index is 11.0. The molecule has 1 aromatic rings. The van der Waals surface area contributed by atoms with Gasteiger partial charge in [-0.3, -0.25) is 0 Å². The first-order chi connectivity index (χ1) is 8.58. The van der Waals surface area contributed by atoms with Crippen molar-refractivity contribution in [2.24, 2.45) is 0 Å². The Morgan fingerprint density at radius 2 is 2.11 bits per heavy atom. The van der Waals surface area contributed by atoms with Gasteiger partial charge in [-0.1, -0.05) is 13.3 Å². The van der Waals surface area contributed by atoms with Gasteiger partial charge >= 0.3 is 5.97 Å². The molecule has 1 fully saturated rings. The number of nitrogens with zero attached hydrogens (tertiary/aromatic N) is 2. The first kappa shape index (κ1) is 13.5. The molecular formula is C13H20N2O2S. The lowest BCUT2D eigenvalue weighted by Crippen LogP contribution is -2.32. The van der Waals surface area contributed by atoms with E-state index in [0.717, 1.165) is 11.6 Å². The van der Waals surface area contributed by atoms with Crippen molar-refractivity contribution in [2.75, 3.05) is 19.6 Å². The van der Waals surface area contributed by atoms with Crippen molar-refractivity contribution in [1.82, 2.24) is 9.88 Å². The molecule has 0 aromatic carbocycles. The quantitative estimate of drug-likeness (QED) is 0.912. The van der Waals surface area contributed by atoms with E-state index in [9.17, 15) is 4.79 Å². The predicted molar refractivity (Wildman–Crippen MR) is 72.5 cm³/mol. The standard InChI is InChI=1S/C13H20N2O2S/c1-9(8-15-6-4-3-5-7-15)12-14-10(2)11(18-12)13(16)17/h9H,3-8H2,1-2H3,(H,16,17). The minimum Gasteiger partial charge on any atom is -0.477 e. The molecule has 1 atom stereocenters. The van der Waals surface area contributed by atoms with E-state index in [2.05, 4.69) is 16.8 Å². The van der Waals surface area contributed by atoms with E-state index in [-0.39, 0.29) is 0 Å². The molecular weight excluding hydrogens is 248 g/mol. The number of aryl methyl sites for hydroxylation is 1. The average Bonchev–Trinajstić information content (AvgIpc) is 2.73. The molecule has 1 aliphatic heterocycles. The monoisotopic (exact) mass is 268 g/mol. The zero-order valence-corrected chi connectivity index (χ0v) is 11.8. The molecule has 0 aliphatic carbocycles. The Kier molecular flexibility index (Phi) is 4.35. The number of likely N-dealkylation sites (tertiary alicyclic amines) is 1. The van der Waals surface area contributed by atoms with Gasteiger partial charge in [-0.2, -0.15) is 0 Å². The molecule has 5 heteroatoms. The number of carboxylic acid groups (broad SMARTS) is 1.